The van der Waals surface area contributed by atoms with Crippen molar-refractivity contribution in [3.8, 4) is 0 Å². The molecule has 0 aliphatic carbocycles. The molecule has 1 fully saturated rings. The summed E-state index contributed by atoms with van der Waals surface area (Å²) < 4.78 is 0. The Bertz CT molecular complexity index is 703. The van der Waals surface area contributed by atoms with Gasteiger partial charge < -0.3 is 4.90 Å². The van der Waals surface area contributed by atoms with Crippen molar-refractivity contribution in [2.75, 3.05) is 6.54 Å². The molecule has 0 saturated carbocycles. The van der Waals surface area contributed by atoms with Crippen LogP contribution in [0, 0.1) is 13.8 Å². The second kappa shape index (κ2) is 6.97. The highest BCUT2D eigenvalue weighted by molar-refractivity contribution is 7.12. The minimum atomic E-state index is 0.0893. The summed E-state index contributed by atoms with van der Waals surface area (Å²) in [6.45, 7) is 4.79. The molecule has 1 saturated heterocycles. The lowest BCUT2D eigenvalue weighted by Crippen LogP contribution is -2.30. The van der Waals surface area contributed by atoms with Gasteiger partial charge in [0, 0.05) is 34.7 Å². The summed E-state index contributed by atoms with van der Waals surface area (Å²) >= 11 is 3.31. The van der Waals surface area contributed by atoms with Crippen molar-refractivity contribution in [2.24, 2.45) is 0 Å². The number of Topliss-reactive ketones (excluding diaryl/α,β-unsaturated/α-hetero) is 1. The van der Waals surface area contributed by atoms with Gasteiger partial charge in [0.05, 0.1) is 6.04 Å². The molecule has 3 rings (SSSR count). The molecule has 0 bridgehead atoms. The second-order valence-corrected chi connectivity index (χ2v) is 8.29. The van der Waals surface area contributed by atoms with Crippen molar-refractivity contribution >= 4 is 34.4 Å². The molecule has 0 aromatic carbocycles. The number of likely N-dealkylation sites (tertiary alicyclic amines) is 1. The van der Waals surface area contributed by atoms with E-state index in [4.69, 9.17) is 0 Å². The van der Waals surface area contributed by atoms with Gasteiger partial charge in [0.1, 0.15) is 0 Å². The van der Waals surface area contributed by atoms with Gasteiger partial charge in [-0.05, 0) is 55.1 Å². The van der Waals surface area contributed by atoms with E-state index in [-0.39, 0.29) is 17.7 Å². The smallest absolute Gasteiger partial charge is 0.223 e. The van der Waals surface area contributed by atoms with Gasteiger partial charge in [-0.1, -0.05) is 0 Å². The Kier molecular flexibility index (Phi) is 4.97. The van der Waals surface area contributed by atoms with Crippen LogP contribution >= 0.6 is 22.7 Å². The number of aryl methyl sites for hydroxylation is 2. The molecule has 2 aromatic rings. The van der Waals surface area contributed by atoms with Crippen LogP contribution in [0.25, 0.3) is 0 Å². The first-order valence-electron chi connectivity index (χ1n) is 7.98. The number of carbonyl (C=O) groups excluding carboxylic acids is 2. The maximum atomic E-state index is 12.6. The van der Waals surface area contributed by atoms with E-state index in [9.17, 15) is 9.59 Å². The Hall–Kier alpha value is -1.46. The van der Waals surface area contributed by atoms with E-state index in [2.05, 4.69) is 16.8 Å². The third-order valence-electron chi connectivity index (χ3n) is 4.41. The van der Waals surface area contributed by atoms with Gasteiger partial charge in [0.15, 0.2) is 5.78 Å². The monoisotopic (exact) mass is 347 g/mol. The number of hydrogen-bond donors (Lipinski definition) is 0. The topological polar surface area (TPSA) is 37.4 Å². The van der Waals surface area contributed by atoms with Gasteiger partial charge in [-0.25, -0.2) is 0 Å². The third kappa shape index (κ3) is 3.56. The Morgan fingerprint density at radius 1 is 1.30 bits per heavy atom. The molecule has 23 heavy (non-hydrogen) atoms. The Morgan fingerprint density at radius 2 is 2.13 bits per heavy atom. The minimum Gasteiger partial charge on any atom is -0.336 e. The molecule has 5 heteroatoms. The number of nitrogens with zero attached hydrogens (tertiary/aromatic N) is 1. The Labute approximate surface area is 144 Å². The van der Waals surface area contributed by atoms with E-state index in [0.29, 0.717) is 12.8 Å². The molecule has 122 valence electrons. The summed E-state index contributed by atoms with van der Waals surface area (Å²) in [7, 11) is 0. The highest BCUT2D eigenvalue weighted by atomic mass is 32.1. The van der Waals surface area contributed by atoms with E-state index >= 15 is 0 Å². The Balaban J connectivity index is 1.61. The van der Waals surface area contributed by atoms with Crippen molar-refractivity contribution in [2.45, 2.75) is 45.6 Å². The predicted molar refractivity (Wildman–Crippen MR) is 95.4 cm³/mol. The van der Waals surface area contributed by atoms with Crippen LogP contribution in [-0.2, 0) is 4.79 Å². The van der Waals surface area contributed by atoms with Crippen molar-refractivity contribution in [3.05, 3.63) is 43.8 Å². The van der Waals surface area contributed by atoms with E-state index in [1.54, 1.807) is 22.7 Å². The lowest BCUT2D eigenvalue weighted by atomic mass is 10.1. The van der Waals surface area contributed by atoms with E-state index in [1.165, 1.54) is 5.56 Å². The summed E-state index contributed by atoms with van der Waals surface area (Å²) in [6, 6.07) is 4.24. The standard InChI is InChI=1S/C18H21NO2S2/c1-12-10-15(13(2)23-12)17(20)5-6-18(21)19-8-3-4-16(19)14-7-9-22-11-14/h7,9-11,16H,3-6,8H2,1-2H3/t16-/m1/s1. The molecule has 2 aromatic heterocycles. The minimum absolute atomic E-state index is 0.0893. The number of carbonyl (C=O) groups is 2. The molecule has 1 aliphatic heterocycles. The fourth-order valence-electron chi connectivity index (χ4n) is 3.28. The largest absolute Gasteiger partial charge is 0.336 e. The van der Waals surface area contributed by atoms with Crippen LogP contribution in [0.3, 0.4) is 0 Å². The van der Waals surface area contributed by atoms with Crippen LogP contribution in [0.5, 0.6) is 0 Å². The second-order valence-electron chi connectivity index (χ2n) is 6.05. The zero-order valence-electron chi connectivity index (χ0n) is 13.5. The van der Waals surface area contributed by atoms with E-state index < -0.39 is 0 Å². The van der Waals surface area contributed by atoms with Crippen molar-refractivity contribution in [3.63, 3.8) is 0 Å². The van der Waals surface area contributed by atoms with Crippen LogP contribution in [0.1, 0.15) is 57.4 Å². The van der Waals surface area contributed by atoms with Crippen molar-refractivity contribution < 1.29 is 9.59 Å². The first-order valence-corrected chi connectivity index (χ1v) is 9.74. The van der Waals surface area contributed by atoms with Crippen LogP contribution in [0.2, 0.25) is 0 Å². The van der Waals surface area contributed by atoms with Gasteiger partial charge in [0.25, 0.3) is 0 Å². The van der Waals surface area contributed by atoms with Gasteiger partial charge >= 0.3 is 0 Å². The van der Waals surface area contributed by atoms with Crippen molar-refractivity contribution in [1.82, 2.24) is 4.90 Å². The van der Waals surface area contributed by atoms with Gasteiger partial charge in [-0.3, -0.25) is 9.59 Å². The zero-order chi connectivity index (χ0) is 16.4. The maximum Gasteiger partial charge on any atom is 0.223 e. The quantitative estimate of drug-likeness (QED) is 0.732. The highest BCUT2D eigenvalue weighted by Crippen LogP contribution is 2.33. The molecule has 0 spiro atoms. The Morgan fingerprint density at radius 3 is 2.78 bits per heavy atom. The number of rotatable bonds is 5. The molecule has 0 N–H and O–H groups in total. The molecule has 0 radical (unpaired) electrons. The molecule has 1 aliphatic rings. The van der Waals surface area contributed by atoms with Crippen LogP contribution in [0.15, 0.2) is 22.9 Å². The number of amides is 1. The van der Waals surface area contributed by atoms with Crippen LogP contribution in [0.4, 0.5) is 0 Å². The fourth-order valence-corrected chi connectivity index (χ4v) is 4.93. The first kappa shape index (κ1) is 16.4. The van der Waals surface area contributed by atoms with Crippen molar-refractivity contribution in [1.29, 1.82) is 0 Å². The average molecular weight is 348 g/mol. The molecule has 3 nitrogen and oxygen atoms in total. The molecule has 0 unspecified atom stereocenters. The molecule has 1 atom stereocenters. The number of hydrogen-bond acceptors (Lipinski definition) is 4. The zero-order valence-corrected chi connectivity index (χ0v) is 15.1. The van der Waals surface area contributed by atoms with E-state index in [0.717, 1.165) is 34.7 Å². The summed E-state index contributed by atoms with van der Waals surface area (Å²) in [5, 5.41) is 4.18. The number of thiophene rings is 2. The summed E-state index contributed by atoms with van der Waals surface area (Å²) in [4.78, 5) is 29.1. The molecule has 3 heterocycles. The lowest BCUT2D eigenvalue weighted by Gasteiger charge is -2.24. The third-order valence-corrected chi connectivity index (χ3v) is 6.08. The maximum absolute atomic E-state index is 12.6. The molecule has 1 amide bonds. The first-order chi connectivity index (χ1) is 11.1. The van der Waals surface area contributed by atoms with Crippen LogP contribution < -0.4 is 0 Å². The molecular weight excluding hydrogens is 326 g/mol. The lowest BCUT2D eigenvalue weighted by molar-refractivity contribution is -0.132. The van der Waals surface area contributed by atoms with Gasteiger partial charge in [-0.2, -0.15) is 11.3 Å². The predicted octanol–water partition coefficient (Wildman–Crippen LogP) is 4.75. The number of ketones is 1. The van der Waals surface area contributed by atoms with E-state index in [1.807, 2.05) is 24.8 Å². The molecular formula is C18H21NO2S2. The summed E-state index contributed by atoms with van der Waals surface area (Å²) in [5.41, 5.74) is 2.02. The average Bonchev–Trinajstić information content (AvgIpc) is 3.23. The van der Waals surface area contributed by atoms with Crippen LogP contribution in [-0.4, -0.2) is 23.1 Å². The van der Waals surface area contributed by atoms with Gasteiger partial charge in [0.2, 0.25) is 5.91 Å². The van der Waals surface area contributed by atoms with Gasteiger partial charge in [-0.15, -0.1) is 11.3 Å². The SMILES string of the molecule is Cc1cc(C(=O)CCC(=O)N2CCC[C@@H]2c2ccsc2)c(C)s1. The normalized spacial score (nSPS) is 17.7. The highest BCUT2D eigenvalue weighted by Gasteiger charge is 2.30. The fraction of sp³-hybridized carbons (Fsp3) is 0.444. The summed E-state index contributed by atoms with van der Waals surface area (Å²) in [6.07, 6.45) is 2.69. The summed E-state index contributed by atoms with van der Waals surface area (Å²) in [5.74, 6) is 0.197.